The molecule has 0 aromatic heterocycles. The summed E-state index contributed by atoms with van der Waals surface area (Å²) in [6.45, 7) is 0. The summed E-state index contributed by atoms with van der Waals surface area (Å²) in [5, 5.41) is 12.2. The molecule has 2 rings (SSSR count). The van der Waals surface area contributed by atoms with E-state index in [4.69, 9.17) is 11.0 Å². The quantitative estimate of drug-likeness (QED) is 0.824. The second kappa shape index (κ2) is 5.15. The fourth-order valence-corrected chi connectivity index (χ4v) is 2.31. The zero-order valence-electron chi connectivity index (χ0n) is 9.62. The molecule has 1 aliphatic rings. The smallest absolute Gasteiger partial charge is 0.124 e. The van der Waals surface area contributed by atoms with E-state index >= 15 is 0 Å². The van der Waals surface area contributed by atoms with Gasteiger partial charge in [0.05, 0.1) is 11.3 Å². The molecule has 0 spiro atoms. The Hall–Kier alpha value is -1.60. The zero-order chi connectivity index (χ0) is 12.3. The van der Waals surface area contributed by atoms with E-state index < -0.39 is 0 Å². The van der Waals surface area contributed by atoms with Gasteiger partial charge in [-0.3, -0.25) is 0 Å². The van der Waals surface area contributed by atoms with Crippen molar-refractivity contribution in [3.05, 3.63) is 29.6 Å². The Morgan fingerprint density at radius 1 is 1.41 bits per heavy atom. The maximum Gasteiger partial charge on any atom is 0.124 e. The Bertz CT molecular complexity index is 439. The first-order chi connectivity index (χ1) is 8.19. The lowest BCUT2D eigenvalue weighted by molar-refractivity contribution is 0.409. The Labute approximate surface area is 100 Å². The van der Waals surface area contributed by atoms with Gasteiger partial charge in [-0.15, -0.1) is 0 Å². The first-order valence-electron chi connectivity index (χ1n) is 5.91. The second-order valence-corrected chi connectivity index (χ2v) is 4.57. The van der Waals surface area contributed by atoms with Crippen molar-refractivity contribution in [2.75, 3.05) is 5.32 Å². The summed E-state index contributed by atoms with van der Waals surface area (Å²) in [7, 11) is 0. The Balaban J connectivity index is 2.10. The second-order valence-electron chi connectivity index (χ2n) is 4.57. The van der Waals surface area contributed by atoms with E-state index in [1.54, 1.807) is 6.07 Å². The van der Waals surface area contributed by atoms with Crippen LogP contribution in [0.15, 0.2) is 18.2 Å². The van der Waals surface area contributed by atoms with Gasteiger partial charge in [-0.2, -0.15) is 5.26 Å². The highest BCUT2D eigenvalue weighted by Crippen LogP contribution is 2.23. The van der Waals surface area contributed by atoms with E-state index in [1.807, 2.05) is 6.07 Å². The highest BCUT2D eigenvalue weighted by atomic mass is 19.1. The third kappa shape index (κ3) is 2.95. The van der Waals surface area contributed by atoms with Crippen LogP contribution >= 0.6 is 0 Å². The summed E-state index contributed by atoms with van der Waals surface area (Å²) in [5.74, 6) is -0.382. The van der Waals surface area contributed by atoms with Crippen LogP contribution in [0.1, 0.15) is 31.2 Å². The van der Waals surface area contributed by atoms with Gasteiger partial charge in [0, 0.05) is 12.1 Å². The minimum Gasteiger partial charge on any atom is -0.381 e. The van der Waals surface area contributed by atoms with E-state index in [9.17, 15) is 4.39 Å². The van der Waals surface area contributed by atoms with Crippen LogP contribution in [-0.2, 0) is 0 Å². The van der Waals surface area contributed by atoms with Gasteiger partial charge in [0.15, 0.2) is 0 Å². The molecule has 2 atom stereocenters. The monoisotopic (exact) mass is 233 g/mol. The molecule has 90 valence electrons. The van der Waals surface area contributed by atoms with E-state index in [-0.39, 0.29) is 17.9 Å². The number of anilines is 1. The van der Waals surface area contributed by atoms with Crippen LogP contribution < -0.4 is 11.1 Å². The van der Waals surface area contributed by atoms with Crippen molar-refractivity contribution in [3.63, 3.8) is 0 Å². The number of benzene rings is 1. The van der Waals surface area contributed by atoms with Gasteiger partial charge in [0.1, 0.15) is 11.9 Å². The van der Waals surface area contributed by atoms with E-state index in [2.05, 4.69) is 5.32 Å². The highest BCUT2D eigenvalue weighted by Gasteiger charge is 2.19. The summed E-state index contributed by atoms with van der Waals surface area (Å²) in [4.78, 5) is 0. The standard InChI is InChI=1S/C13H16FN3/c14-10-4-5-13(9(6-10)8-15)17-12-3-1-2-11(16)7-12/h4-6,11-12,17H,1-3,7,16H2. The molecule has 1 saturated carbocycles. The number of nitrogens with one attached hydrogen (secondary N) is 1. The lowest BCUT2D eigenvalue weighted by atomic mass is 9.91. The molecule has 3 nitrogen and oxygen atoms in total. The summed E-state index contributed by atoms with van der Waals surface area (Å²) in [6.07, 6.45) is 4.12. The van der Waals surface area contributed by atoms with Crippen LogP contribution in [0.4, 0.5) is 10.1 Å². The number of nitrogens with zero attached hydrogens (tertiary/aromatic N) is 1. The summed E-state index contributed by atoms with van der Waals surface area (Å²) < 4.78 is 13.0. The molecular weight excluding hydrogens is 217 g/mol. The van der Waals surface area contributed by atoms with Gasteiger partial charge in [-0.1, -0.05) is 0 Å². The molecule has 0 aliphatic heterocycles. The van der Waals surface area contributed by atoms with Crippen LogP contribution in [0.25, 0.3) is 0 Å². The maximum absolute atomic E-state index is 13.0. The molecular formula is C13H16FN3. The van der Waals surface area contributed by atoms with E-state index in [0.717, 1.165) is 25.7 Å². The highest BCUT2D eigenvalue weighted by molar-refractivity contribution is 5.57. The largest absolute Gasteiger partial charge is 0.381 e. The predicted molar refractivity (Wildman–Crippen MR) is 65.0 cm³/mol. The number of rotatable bonds is 2. The topological polar surface area (TPSA) is 61.8 Å². The molecule has 4 heteroatoms. The first kappa shape index (κ1) is 11.9. The van der Waals surface area contributed by atoms with Crippen molar-refractivity contribution in [2.45, 2.75) is 37.8 Å². The fraction of sp³-hybridized carbons (Fsp3) is 0.462. The number of hydrogen-bond donors (Lipinski definition) is 2. The minimum absolute atomic E-state index is 0.229. The lowest BCUT2D eigenvalue weighted by Crippen LogP contribution is -2.35. The van der Waals surface area contributed by atoms with Crippen molar-refractivity contribution in [2.24, 2.45) is 5.73 Å². The van der Waals surface area contributed by atoms with E-state index in [0.29, 0.717) is 11.3 Å². The molecule has 0 saturated heterocycles. The SMILES string of the molecule is N#Cc1cc(F)ccc1NC1CCCC(N)C1. The number of nitriles is 1. The summed E-state index contributed by atoms with van der Waals surface area (Å²) in [5.41, 5.74) is 6.96. The Morgan fingerprint density at radius 3 is 2.94 bits per heavy atom. The molecule has 1 aromatic carbocycles. The Kier molecular flexibility index (Phi) is 3.60. The van der Waals surface area contributed by atoms with Crippen LogP contribution in [0.5, 0.6) is 0 Å². The molecule has 0 bridgehead atoms. The molecule has 0 amide bonds. The van der Waals surface area contributed by atoms with Gasteiger partial charge < -0.3 is 11.1 Å². The number of hydrogen-bond acceptors (Lipinski definition) is 3. The normalized spacial score (nSPS) is 24.1. The molecule has 3 N–H and O–H groups in total. The third-order valence-electron chi connectivity index (χ3n) is 3.18. The van der Waals surface area contributed by atoms with Crippen molar-refractivity contribution in [1.82, 2.24) is 0 Å². The Morgan fingerprint density at radius 2 is 2.24 bits per heavy atom. The van der Waals surface area contributed by atoms with Gasteiger partial charge in [0.2, 0.25) is 0 Å². The van der Waals surface area contributed by atoms with Crippen LogP contribution in [0.3, 0.4) is 0 Å². The van der Waals surface area contributed by atoms with Gasteiger partial charge >= 0.3 is 0 Å². The molecule has 17 heavy (non-hydrogen) atoms. The molecule has 2 unspecified atom stereocenters. The van der Waals surface area contributed by atoms with Crippen molar-refractivity contribution in [1.29, 1.82) is 5.26 Å². The maximum atomic E-state index is 13.0. The van der Waals surface area contributed by atoms with Crippen LogP contribution in [0.2, 0.25) is 0 Å². The van der Waals surface area contributed by atoms with Gasteiger partial charge in [-0.05, 0) is 43.9 Å². The van der Waals surface area contributed by atoms with Gasteiger partial charge in [0.25, 0.3) is 0 Å². The third-order valence-corrected chi connectivity index (χ3v) is 3.18. The summed E-state index contributed by atoms with van der Waals surface area (Å²) >= 11 is 0. The molecule has 1 aliphatic carbocycles. The van der Waals surface area contributed by atoms with Gasteiger partial charge in [-0.25, -0.2) is 4.39 Å². The zero-order valence-corrected chi connectivity index (χ0v) is 9.62. The van der Waals surface area contributed by atoms with Crippen LogP contribution in [-0.4, -0.2) is 12.1 Å². The first-order valence-corrected chi connectivity index (χ1v) is 5.91. The average Bonchev–Trinajstić information content (AvgIpc) is 2.31. The molecule has 0 heterocycles. The molecule has 1 fully saturated rings. The number of nitrogens with two attached hydrogens (primary N) is 1. The van der Waals surface area contributed by atoms with E-state index in [1.165, 1.54) is 12.1 Å². The lowest BCUT2D eigenvalue weighted by Gasteiger charge is -2.28. The fourth-order valence-electron chi connectivity index (χ4n) is 2.31. The van der Waals surface area contributed by atoms with Crippen molar-refractivity contribution >= 4 is 5.69 Å². The molecule has 0 radical (unpaired) electrons. The van der Waals surface area contributed by atoms with Crippen LogP contribution in [0, 0.1) is 17.1 Å². The predicted octanol–water partition coefficient (Wildman–Crippen LogP) is 2.38. The molecule has 1 aromatic rings. The van der Waals surface area contributed by atoms with Crippen molar-refractivity contribution < 1.29 is 4.39 Å². The number of halogens is 1. The minimum atomic E-state index is -0.382. The average molecular weight is 233 g/mol. The van der Waals surface area contributed by atoms with Crippen molar-refractivity contribution in [3.8, 4) is 6.07 Å². The summed E-state index contributed by atoms with van der Waals surface area (Å²) in [6, 6.07) is 6.76.